The van der Waals surface area contributed by atoms with E-state index in [2.05, 4.69) is 36.5 Å². The highest BCUT2D eigenvalue weighted by molar-refractivity contribution is 5.32. The van der Waals surface area contributed by atoms with Gasteiger partial charge in [-0.15, -0.1) is 0 Å². The molecule has 4 rings (SSSR count). The molecule has 1 heterocycles. The first-order valence-electron chi connectivity index (χ1n) is 9.96. The van der Waals surface area contributed by atoms with Crippen LogP contribution < -0.4 is 17.7 Å². The second-order valence-corrected chi connectivity index (χ2v) is 7.67. The van der Waals surface area contributed by atoms with Crippen LogP contribution >= 0.6 is 0 Å². The van der Waals surface area contributed by atoms with Crippen LogP contribution in [0.5, 0.6) is 0 Å². The van der Waals surface area contributed by atoms with E-state index < -0.39 is 5.60 Å². The van der Waals surface area contributed by atoms with Crippen LogP contribution in [-0.4, -0.2) is 5.11 Å². The first-order valence-corrected chi connectivity index (χ1v) is 9.96. The topological polar surface area (TPSA) is 32.3 Å². The fourth-order valence-corrected chi connectivity index (χ4v) is 4.66. The predicted octanol–water partition coefficient (Wildman–Crippen LogP) is 2.52. The van der Waals surface area contributed by atoms with Gasteiger partial charge in [0.25, 0.3) is 0 Å². The van der Waals surface area contributed by atoms with Gasteiger partial charge in [0, 0.05) is 24.4 Å². The molecule has 3 aromatic rings. The van der Waals surface area contributed by atoms with Gasteiger partial charge in [0.05, 0.1) is 5.60 Å². The third-order valence-corrected chi connectivity index (χ3v) is 6.06. The minimum absolute atomic E-state index is 0. The average molecular weight is 411 g/mol. The minimum atomic E-state index is -1.05. The normalized spacial score (nSPS) is 26.5. The van der Waals surface area contributed by atoms with Gasteiger partial charge in [0.15, 0.2) is 0 Å². The van der Waals surface area contributed by atoms with E-state index in [1.165, 1.54) is 12.1 Å². The molecule has 29 heavy (non-hydrogen) atoms. The first-order chi connectivity index (χ1) is 13.6. The van der Waals surface area contributed by atoms with Gasteiger partial charge in [0.2, 0.25) is 0 Å². The van der Waals surface area contributed by atoms with Crippen molar-refractivity contribution >= 4 is 0 Å². The Morgan fingerprint density at radius 2 is 1.45 bits per heavy atom. The van der Waals surface area contributed by atoms with E-state index in [-0.39, 0.29) is 36.2 Å². The molecule has 0 saturated carbocycles. The fourth-order valence-electron chi connectivity index (χ4n) is 4.66. The molecule has 1 fully saturated rings. The van der Waals surface area contributed by atoms with Gasteiger partial charge >= 0.3 is 0 Å². The molecular weight excluding hydrogens is 385 g/mol. The lowest BCUT2D eigenvalue weighted by atomic mass is 9.67. The van der Waals surface area contributed by atoms with Crippen LogP contribution in [0.1, 0.15) is 48.5 Å². The van der Waals surface area contributed by atoms with E-state index in [0.717, 1.165) is 23.1 Å². The summed E-state index contributed by atoms with van der Waals surface area (Å²) in [6.07, 6.45) is 1.35. The van der Waals surface area contributed by atoms with Crippen LogP contribution in [0.3, 0.4) is 0 Å². The summed E-state index contributed by atoms with van der Waals surface area (Å²) >= 11 is 0. The highest BCUT2D eigenvalue weighted by atomic mass is 35.5. The smallest absolute Gasteiger partial charge is 0.123 e. The van der Waals surface area contributed by atoms with Gasteiger partial charge in [-0.1, -0.05) is 79.7 Å². The number of hydrogen-bond acceptors (Lipinski definition) is 2. The number of aliphatic hydroxyl groups is 1. The first kappa shape index (κ1) is 21.5. The van der Waals surface area contributed by atoms with E-state index in [1.54, 1.807) is 12.1 Å². The van der Waals surface area contributed by atoms with Crippen LogP contribution in [0.2, 0.25) is 0 Å². The molecule has 2 nitrogen and oxygen atoms in total. The number of nitrogens with one attached hydrogen (secondary N) is 1. The van der Waals surface area contributed by atoms with Crippen molar-refractivity contribution in [3.8, 4) is 0 Å². The van der Waals surface area contributed by atoms with Crippen LogP contribution in [0.4, 0.5) is 4.39 Å². The van der Waals surface area contributed by atoms with E-state index in [0.29, 0.717) is 6.42 Å². The molecular formula is C25H26ClFNO-. The summed E-state index contributed by atoms with van der Waals surface area (Å²) < 4.78 is 13.5. The molecule has 0 aromatic heterocycles. The van der Waals surface area contributed by atoms with Crippen molar-refractivity contribution in [3.05, 3.63) is 107 Å². The van der Waals surface area contributed by atoms with Crippen molar-refractivity contribution in [3.63, 3.8) is 0 Å². The van der Waals surface area contributed by atoms with Gasteiger partial charge in [-0.2, -0.15) is 0 Å². The lowest BCUT2D eigenvalue weighted by Crippen LogP contribution is -3.00. The highest BCUT2D eigenvalue weighted by Crippen LogP contribution is 2.49. The lowest BCUT2D eigenvalue weighted by molar-refractivity contribution is -0.0830. The Morgan fingerprint density at radius 1 is 0.897 bits per heavy atom. The quantitative estimate of drug-likeness (QED) is 0.692. The predicted molar refractivity (Wildman–Crippen MR) is 110 cm³/mol. The Hall–Kier alpha value is -2.20. The van der Waals surface area contributed by atoms with Gasteiger partial charge in [-0.25, -0.2) is 4.39 Å². The largest absolute Gasteiger partial charge is 1.00 e. The maximum atomic E-state index is 13.5. The Labute approximate surface area is 178 Å². The molecule has 0 aliphatic carbocycles. The maximum absolute atomic E-state index is 13.5. The Bertz CT molecular complexity index is 903. The Morgan fingerprint density at radius 3 is 2.00 bits per heavy atom. The second-order valence-electron chi connectivity index (χ2n) is 7.67. The minimum Gasteiger partial charge on any atom is -1.00 e. The SMILES string of the molecule is CCC1C(c2ccccc2)NC(c2ccccc2)CC1(O)c1ccc(F)cc1.[Cl-]. The molecule has 1 aliphatic heterocycles. The number of rotatable bonds is 4. The summed E-state index contributed by atoms with van der Waals surface area (Å²) in [5.74, 6) is -0.311. The fraction of sp³-hybridized carbons (Fsp3) is 0.280. The molecule has 0 amide bonds. The van der Waals surface area contributed by atoms with Crippen molar-refractivity contribution < 1.29 is 21.9 Å². The maximum Gasteiger partial charge on any atom is 0.123 e. The Balaban J connectivity index is 0.00000240. The molecule has 1 aliphatic rings. The molecule has 4 unspecified atom stereocenters. The van der Waals surface area contributed by atoms with Crippen molar-refractivity contribution in [2.75, 3.05) is 0 Å². The third kappa shape index (κ3) is 4.23. The summed E-state index contributed by atoms with van der Waals surface area (Å²) in [5, 5.41) is 15.8. The summed E-state index contributed by atoms with van der Waals surface area (Å²) in [5.41, 5.74) is 2.05. The van der Waals surface area contributed by atoms with E-state index in [4.69, 9.17) is 0 Å². The molecule has 152 valence electrons. The zero-order valence-electron chi connectivity index (χ0n) is 16.4. The van der Waals surface area contributed by atoms with E-state index >= 15 is 0 Å². The standard InChI is InChI=1S/C25H26FNO.ClH/c1-2-22-24(19-11-7-4-8-12-19)27-23(18-9-5-3-6-10-18)17-25(22,28)20-13-15-21(26)16-14-20;/h3-16,22-24,27-28H,2,17H2,1H3;1H/p-1. The zero-order valence-corrected chi connectivity index (χ0v) is 17.2. The molecule has 4 heteroatoms. The van der Waals surface area contributed by atoms with Gasteiger partial charge in [0.1, 0.15) is 5.82 Å². The van der Waals surface area contributed by atoms with Crippen LogP contribution in [0, 0.1) is 11.7 Å². The highest BCUT2D eigenvalue weighted by Gasteiger charge is 2.48. The number of piperidine rings is 1. The molecule has 1 saturated heterocycles. The summed E-state index contributed by atoms with van der Waals surface area (Å²) in [6, 6.07) is 26.9. The monoisotopic (exact) mass is 410 g/mol. The van der Waals surface area contributed by atoms with Crippen LogP contribution in [0.25, 0.3) is 0 Å². The average Bonchev–Trinajstić information content (AvgIpc) is 2.75. The lowest BCUT2D eigenvalue weighted by Gasteiger charge is -2.49. The van der Waals surface area contributed by atoms with Crippen molar-refractivity contribution in [2.24, 2.45) is 5.92 Å². The number of benzene rings is 3. The molecule has 0 radical (unpaired) electrons. The molecule has 3 aromatic carbocycles. The molecule has 0 spiro atoms. The summed E-state index contributed by atoms with van der Waals surface area (Å²) in [7, 11) is 0. The zero-order chi connectivity index (χ0) is 19.6. The van der Waals surface area contributed by atoms with Crippen molar-refractivity contribution in [1.82, 2.24) is 5.32 Å². The second kappa shape index (κ2) is 9.08. The van der Waals surface area contributed by atoms with Gasteiger partial charge in [-0.05, 0) is 35.2 Å². The summed E-state index contributed by atoms with van der Waals surface area (Å²) in [6.45, 7) is 2.11. The molecule has 4 atom stereocenters. The van der Waals surface area contributed by atoms with Gasteiger partial charge in [-0.3, -0.25) is 0 Å². The summed E-state index contributed by atoms with van der Waals surface area (Å²) in [4.78, 5) is 0. The third-order valence-electron chi connectivity index (χ3n) is 6.06. The number of hydrogen-bond donors (Lipinski definition) is 2. The van der Waals surface area contributed by atoms with Gasteiger partial charge < -0.3 is 22.8 Å². The molecule has 2 N–H and O–H groups in total. The Kier molecular flexibility index (Phi) is 6.74. The van der Waals surface area contributed by atoms with Crippen molar-refractivity contribution in [2.45, 2.75) is 37.5 Å². The van der Waals surface area contributed by atoms with E-state index in [9.17, 15) is 9.50 Å². The van der Waals surface area contributed by atoms with E-state index in [1.807, 2.05) is 36.4 Å². The van der Waals surface area contributed by atoms with Crippen LogP contribution in [0.15, 0.2) is 84.9 Å². The number of halogens is 2. The van der Waals surface area contributed by atoms with Crippen LogP contribution in [-0.2, 0) is 5.60 Å². The van der Waals surface area contributed by atoms with Crippen molar-refractivity contribution in [1.29, 1.82) is 0 Å². The molecule has 0 bridgehead atoms.